The number of anilines is 1. The van der Waals surface area contributed by atoms with Gasteiger partial charge in [-0.05, 0) is 24.3 Å². The third-order valence-electron chi connectivity index (χ3n) is 4.47. The van der Waals surface area contributed by atoms with E-state index in [0.717, 1.165) is 16.9 Å². The minimum Gasteiger partial charge on any atom is -0.349 e. The van der Waals surface area contributed by atoms with Crippen LogP contribution in [0.3, 0.4) is 0 Å². The van der Waals surface area contributed by atoms with Gasteiger partial charge in [-0.2, -0.15) is 0 Å². The number of aryl methyl sites for hydroxylation is 1. The zero-order valence-electron chi connectivity index (χ0n) is 15.8. The van der Waals surface area contributed by atoms with E-state index >= 15 is 0 Å². The summed E-state index contributed by atoms with van der Waals surface area (Å²) in [5, 5.41) is 7.88. The Hall–Kier alpha value is -3.52. The topological polar surface area (TPSA) is 88.9 Å². The second kappa shape index (κ2) is 8.24. The summed E-state index contributed by atoms with van der Waals surface area (Å²) >= 11 is 1.29. The van der Waals surface area contributed by atoms with E-state index in [1.165, 1.54) is 11.3 Å². The number of imidazole rings is 1. The first-order chi connectivity index (χ1) is 14.1. The molecule has 2 aromatic heterocycles. The Morgan fingerprint density at radius 3 is 2.59 bits per heavy atom. The van der Waals surface area contributed by atoms with E-state index in [2.05, 4.69) is 20.6 Å². The van der Waals surface area contributed by atoms with Crippen LogP contribution in [0, 0.1) is 0 Å². The number of aromatic nitrogens is 3. The Labute approximate surface area is 171 Å². The molecule has 0 saturated carbocycles. The van der Waals surface area contributed by atoms with Gasteiger partial charge in [-0.1, -0.05) is 30.3 Å². The molecule has 2 amide bonds. The predicted molar refractivity (Wildman–Crippen MR) is 113 cm³/mol. The van der Waals surface area contributed by atoms with E-state index in [-0.39, 0.29) is 18.2 Å². The Kier molecular flexibility index (Phi) is 5.35. The summed E-state index contributed by atoms with van der Waals surface area (Å²) in [5.74, 6) is 0.412. The van der Waals surface area contributed by atoms with Crippen LogP contribution < -0.4 is 10.6 Å². The van der Waals surface area contributed by atoms with Gasteiger partial charge < -0.3 is 9.88 Å². The van der Waals surface area contributed by atoms with Gasteiger partial charge in [0.2, 0.25) is 5.91 Å². The van der Waals surface area contributed by atoms with E-state index in [4.69, 9.17) is 0 Å². The molecule has 0 saturated heterocycles. The quantitative estimate of drug-likeness (QED) is 0.516. The number of amides is 2. The zero-order valence-corrected chi connectivity index (χ0v) is 16.6. The van der Waals surface area contributed by atoms with Crippen molar-refractivity contribution in [1.82, 2.24) is 19.9 Å². The zero-order chi connectivity index (χ0) is 20.2. The summed E-state index contributed by atoms with van der Waals surface area (Å²) in [7, 11) is 1.93. The van der Waals surface area contributed by atoms with Crippen LogP contribution in [0.4, 0.5) is 5.13 Å². The summed E-state index contributed by atoms with van der Waals surface area (Å²) in [5.41, 5.74) is 3.10. The minimum absolute atomic E-state index is 0.141. The Morgan fingerprint density at radius 1 is 1.03 bits per heavy atom. The highest BCUT2D eigenvalue weighted by atomic mass is 32.1. The van der Waals surface area contributed by atoms with Crippen LogP contribution in [0.2, 0.25) is 0 Å². The number of thiazole rings is 1. The highest BCUT2D eigenvalue weighted by Crippen LogP contribution is 2.17. The van der Waals surface area contributed by atoms with E-state index < -0.39 is 0 Å². The maximum absolute atomic E-state index is 12.3. The molecule has 0 unspecified atom stereocenters. The third kappa shape index (κ3) is 4.33. The van der Waals surface area contributed by atoms with Crippen molar-refractivity contribution in [3.05, 3.63) is 77.1 Å². The van der Waals surface area contributed by atoms with Crippen molar-refractivity contribution in [2.45, 2.75) is 13.0 Å². The van der Waals surface area contributed by atoms with Crippen LogP contribution in [-0.2, 0) is 24.8 Å². The molecular formula is C21H19N5O2S. The molecule has 2 N–H and O–H groups in total. The van der Waals surface area contributed by atoms with Gasteiger partial charge in [-0.15, -0.1) is 11.3 Å². The largest absolute Gasteiger partial charge is 0.349 e. The molecular weight excluding hydrogens is 386 g/mol. The molecule has 2 aromatic carbocycles. The molecule has 4 aromatic rings. The number of carbonyl (C=O) groups is 2. The van der Waals surface area contributed by atoms with Crippen LogP contribution in [0.25, 0.3) is 11.0 Å². The number of carbonyl (C=O) groups excluding carboxylic acids is 2. The third-order valence-corrected chi connectivity index (χ3v) is 5.28. The number of benzene rings is 2. The summed E-state index contributed by atoms with van der Waals surface area (Å²) in [6, 6.07) is 16.8. The number of hydrogen-bond donors (Lipinski definition) is 2. The number of nitrogens with one attached hydrogen (secondary N) is 2. The smallest absolute Gasteiger partial charge is 0.257 e. The first kappa shape index (κ1) is 18.8. The van der Waals surface area contributed by atoms with Gasteiger partial charge in [-0.3, -0.25) is 14.9 Å². The number of rotatable bonds is 6. The van der Waals surface area contributed by atoms with E-state index in [0.29, 0.717) is 22.9 Å². The van der Waals surface area contributed by atoms with Crippen molar-refractivity contribution in [2.75, 3.05) is 5.32 Å². The first-order valence-electron chi connectivity index (χ1n) is 9.08. The van der Waals surface area contributed by atoms with Crippen molar-refractivity contribution >= 4 is 39.3 Å². The van der Waals surface area contributed by atoms with Gasteiger partial charge in [0, 0.05) is 18.0 Å². The SMILES string of the molecule is Cn1c(CNC(=O)Cc2csc(NC(=O)c3ccccc3)n2)nc2ccccc21. The second-order valence-electron chi connectivity index (χ2n) is 6.49. The van der Waals surface area contributed by atoms with Gasteiger partial charge >= 0.3 is 0 Å². The Morgan fingerprint density at radius 2 is 1.79 bits per heavy atom. The lowest BCUT2D eigenvalue weighted by atomic mass is 10.2. The summed E-state index contributed by atoms with van der Waals surface area (Å²) in [6.07, 6.45) is 0.141. The van der Waals surface area contributed by atoms with E-state index in [1.807, 2.05) is 41.9 Å². The summed E-state index contributed by atoms with van der Waals surface area (Å²) < 4.78 is 1.97. The fourth-order valence-corrected chi connectivity index (χ4v) is 3.67. The second-order valence-corrected chi connectivity index (χ2v) is 7.35. The van der Waals surface area contributed by atoms with Crippen molar-refractivity contribution in [1.29, 1.82) is 0 Å². The van der Waals surface area contributed by atoms with Crippen LogP contribution in [0.1, 0.15) is 21.9 Å². The van der Waals surface area contributed by atoms with Crippen LogP contribution in [0.5, 0.6) is 0 Å². The highest BCUT2D eigenvalue weighted by molar-refractivity contribution is 7.14. The molecule has 4 rings (SSSR count). The van der Waals surface area contributed by atoms with Crippen LogP contribution in [-0.4, -0.2) is 26.3 Å². The van der Waals surface area contributed by atoms with E-state index in [1.54, 1.807) is 29.6 Å². The monoisotopic (exact) mass is 405 g/mol. The molecule has 0 aliphatic carbocycles. The molecule has 0 aliphatic heterocycles. The van der Waals surface area contributed by atoms with Crippen LogP contribution in [0.15, 0.2) is 60.0 Å². The summed E-state index contributed by atoms with van der Waals surface area (Å²) in [4.78, 5) is 33.3. The number of para-hydroxylation sites is 2. The fourth-order valence-electron chi connectivity index (χ4n) is 2.96. The maximum atomic E-state index is 12.3. The standard InChI is InChI=1S/C21H19N5O2S/c1-26-17-10-6-5-9-16(17)24-18(26)12-22-19(27)11-15-13-29-21(23-15)25-20(28)14-7-3-2-4-8-14/h2-10,13H,11-12H2,1H3,(H,22,27)(H,23,25,28). The van der Waals surface area contributed by atoms with Crippen molar-refractivity contribution in [2.24, 2.45) is 7.05 Å². The molecule has 146 valence electrons. The van der Waals surface area contributed by atoms with Gasteiger partial charge in [-0.25, -0.2) is 9.97 Å². The molecule has 0 radical (unpaired) electrons. The van der Waals surface area contributed by atoms with E-state index in [9.17, 15) is 9.59 Å². The molecule has 7 nitrogen and oxygen atoms in total. The first-order valence-corrected chi connectivity index (χ1v) is 9.96. The lowest BCUT2D eigenvalue weighted by Gasteiger charge is -2.05. The van der Waals surface area contributed by atoms with Crippen LogP contribution >= 0.6 is 11.3 Å². The Balaban J connectivity index is 1.33. The average Bonchev–Trinajstić information content (AvgIpc) is 3.31. The number of nitrogens with zero attached hydrogens (tertiary/aromatic N) is 3. The number of hydrogen-bond acceptors (Lipinski definition) is 5. The normalized spacial score (nSPS) is 10.8. The lowest BCUT2D eigenvalue weighted by Crippen LogP contribution is -2.26. The fraction of sp³-hybridized carbons (Fsp3) is 0.143. The van der Waals surface area contributed by atoms with Gasteiger partial charge in [0.1, 0.15) is 5.82 Å². The lowest BCUT2D eigenvalue weighted by molar-refractivity contribution is -0.120. The molecule has 0 aliphatic rings. The average molecular weight is 405 g/mol. The molecule has 0 spiro atoms. The van der Waals surface area contributed by atoms with Crippen molar-refractivity contribution in [3.63, 3.8) is 0 Å². The summed E-state index contributed by atoms with van der Waals surface area (Å²) in [6.45, 7) is 0.339. The van der Waals surface area contributed by atoms with Gasteiger partial charge in [0.25, 0.3) is 5.91 Å². The molecule has 8 heteroatoms. The highest BCUT2D eigenvalue weighted by Gasteiger charge is 2.12. The predicted octanol–water partition coefficient (Wildman–Crippen LogP) is 3.14. The maximum Gasteiger partial charge on any atom is 0.257 e. The van der Waals surface area contributed by atoms with Gasteiger partial charge in [0.15, 0.2) is 5.13 Å². The Bertz CT molecular complexity index is 1170. The molecule has 0 atom stereocenters. The number of fused-ring (bicyclic) bond motifs is 1. The van der Waals surface area contributed by atoms with Crippen molar-refractivity contribution < 1.29 is 9.59 Å². The van der Waals surface area contributed by atoms with Gasteiger partial charge in [0.05, 0.1) is 29.7 Å². The minimum atomic E-state index is -0.224. The molecule has 0 bridgehead atoms. The molecule has 0 fully saturated rings. The van der Waals surface area contributed by atoms with Crippen molar-refractivity contribution in [3.8, 4) is 0 Å². The molecule has 2 heterocycles. The molecule has 29 heavy (non-hydrogen) atoms.